The van der Waals surface area contributed by atoms with E-state index in [2.05, 4.69) is 20.9 Å². The number of carboxylic acid groups (broad SMARTS) is 1. The molecule has 2 rings (SSSR count). The lowest BCUT2D eigenvalue weighted by Crippen LogP contribution is -2.05. The molecule has 7 heteroatoms. The molecule has 0 aliphatic carbocycles. The molecule has 1 aromatic heterocycles. The smallest absolute Gasteiger partial charge is 0.313 e. The maximum absolute atomic E-state index is 10.8. The molecule has 21 heavy (non-hydrogen) atoms. The first kappa shape index (κ1) is 15.9. The maximum atomic E-state index is 10.8. The first-order valence-electron chi connectivity index (χ1n) is 6.32. The summed E-state index contributed by atoms with van der Waals surface area (Å²) in [4.78, 5) is 15.1. The number of carboxylic acids is 1. The number of aromatic nitrogens is 2. The van der Waals surface area contributed by atoms with Crippen molar-refractivity contribution in [3.63, 3.8) is 0 Å². The zero-order valence-electron chi connectivity index (χ0n) is 11.7. The van der Waals surface area contributed by atoms with E-state index in [0.29, 0.717) is 10.9 Å². The van der Waals surface area contributed by atoms with E-state index in [0.717, 1.165) is 22.3 Å². The molecule has 5 nitrogen and oxygen atoms in total. The minimum atomic E-state index is -0.867. The van der Waals surface area contributed by atoms with Crippen molar-refractivity contribution in [1.29, 1.82) is 0 Å². The predicted molar refractivity (Wildman–Crippen MR) is 85.6 cm³/mol. The summed E-state index contributed by atoms with van der Waals surface area (Å²) < 4.78 is 8.27. The van der Waals surface area contributed by atoms with Crippen molar-refractivity contribution in [2.24, 2.45) is 0 Å². The fourth-order valence-corrected chi connectivity index (χ4v) is 3.01. The Balaban J connectivity index is 2.53. The van der Waals surface area contributed by atoms with Crippen molar-refractivity contribution in [3.05, 3.63) is 34.6 Å². The van der Waals surface area contributed by atoms with Gasteiger partial charge in [0.15, 0.2) is 5.16 Å². The summed E-state index contributed by atoms with van der Waals surface area (Å²) in [5.41, 5.74) is 1.84. The summed E-state index contributed by atoms with van der Waals surface area (Å²) in [6.07, 6.45) is 2.56. The molecule has 0 saturated heterocycles. The molecule has 0 amide bonds. The molecular weight excluding hydrogens is 356 g/mol. The third-order valence-electron chi connectivity index (χ3n) is 2.87. The van der Waals surface area contributed by atoms with Crippen molar-refractivity contribution in [2.45, 2.75) is 18.5 Å². The van der Waals surface area contributed by atoms with Crippen LogP contribution in [0.3, 0.4) is 0 Å². The highest BCUT2D eigenvalue weighted by Crippen LogP contribution is 2.32. The number of hydrogen-bond donors (Lipinski definition) is 1. The highest BCUT2D eigenvalue weighted by Gasteiger charge is 2.16. The van der Waals surface area contributed by atoms with Gasteiger partial charge >= 0.3 is 5.97 Å². The van der Waals surface area contributed by atoms with Gasteiger partial charge in [-0.15, -0.1) is 0 Å². The zero-order chi connectivity index (χ0) is 15.4. The number of nitrogens with zero attached hydrogens (tertiary/aromatic N) is 2. The minimum absolute atomic E-state index is 0.0313. The number of aryl methyl sites for hydroxylation is 1. The summed E-state index contributed by atoms with van der Waals surface area (Å²) >= 11 is 4.65. The van der Waals surface area contributed by atoms with Gasteiger partial charge in [-0.05, 0) is 24.6 Å². The van der Waals surface area contributed by atoms with E-state index < -0.39 is 5.97 Å². The Morgan fingerprint density at radius 1 is 1.52 bits per heavy atom. The van der Waals surface area contributed by atoms with Crippen LogP contribution in [-0.2, 0) is 11.2 Å². The van der Waals surface area contributed by atoms with Gasteiger partial charge in [0.1, 0.15) is 5.75 Å². The lowest BCUT2D eigenvalue weighted by Gasteiger charge is -2.14. The van der Waals surface area contributed by atoms with Crippen molar-refractivity contribution in [2.75, 3.05) is 12.9 Å². The van der Waals surface area contributed by atoms with Crippen LogP contribution in [0.5, 0.6) is 5.75 Å². The number of methoxy groups -OCH3 is 1. The fourth-order valence-electron chi connectivity index (χ4n) is 1.94. The zero-order valence-corrected chi connectivity index (χ0v) is 14.1. The van der Waals surface area contributed by atoms with E-state index in [1.807, 2.05) is 29.7 Å². The van der Waals surface area contributed by atoms with Gasteiger partial charge in [0.05, 0.1) is 18.6 Å². The standard InChI is InChI=1S/C14H15BrN2O3S/c1-3-10-7-16-14(21-8-13(18)19)17(10)11-6-9(15)4-5-12(11)20-2/h4-7H,3,8H2,1-2H3,(H,18,19). The first-order valence-corrected chi connectivity index (χ1v) is 8.09. The molecule has 0 aliphatic heterocycles. The van der Waals surface area contributed by atoms with Gasteiger partial charge in [-0.25, -0.2) is 4.98 Å². The highest BCUT2D eigenvalue weighted by molar-refractivity contribution is 9.10. The molecule has 112 valence electrons. The number of ether oxygens (including phenoxy) is 1. The lowest BCUT2D eigenvalue weighted by atomic mass is 10.2. The van der Waals surface area contributed by atoms with Crippen LogP contribution in [0.4, 0.5) is 0 Å². The minimum Gasteiger partial charge on any atom is -0.495 e. The number of hydrogen-bond acceptors (Lipinski definition) is 4. The van der Waals surface area contributed by atoms with Crippen molar-refractivity contribution in [1.82, 2.24) is 9.55 Å². The van der Waals surface area contributed by atoms with E-state index in [9.17, 15) is 4.79 Å². The molecule has 0 atom stereocenters. The summed E-state index contributed by atoms with van der Waals surface area (Å²) in [5, 5.41) is 9.50. The Labute approximate surface area is 135 Å². The van der Waals surface area contributed by atoms with Gasteiger partial charge in [-0.1, -0.05) is 34.6 Å². The quantitative estimate of drug-likeness (QED) is 0.789. The number of halogens is 1. The third-order valence-corrected chi connectivity index (χ3v) is 4.30. The largest absolute Gasteiger partial charge is 0.495 e. The van der Waals surface area contributed by atoms with E-state index in [1.165, 1.54) is 11.8 Å². The van der Waals surface area contributed by atoms with Gasteiger partial charge in [-0.3, -0.25) is 9.36 Å². The van der Waals surface area contributed by atoms with Crippen LogP contribution in [0.25, 0.3) is 5.69 Å². The van der Waals surface area contributed by atoms with E-state index >= 15 is 0 Å². The van der Waals surface area contributed by atoms with Crippen LogP contribution in [0.1, 0.15) is 12.6 Å². The topological polar surface area (TPSA) is 64.3 Å². The summed E-state index contributed by atoms with van der Waals surface area (Å²) in [7, 11) is 1.61. The van der Waals surface area contributed by atoms with Gasteiger partial charge in [0.2, 0.25) is 0 Å². The van der Waals surface area contributed by atoms with Gasteiger partial charge in [0, 0.05) is 16.4 Å². The number of imidazole rings is 1. The fraction of sp³-hybridized carbons (Fsp3) is 0.286. The van der Waals surface area contributed by atoms with Crippen molar-refractivity contribution >= 4 is 33.7 Å². The molecule has 2 aromatic rings. The van der Waals surface area contributed by atoms with Crippen LogP contribution in [0, 0.1) is 0 Å². The SMILES string of the molecule is CCc1cnc(SCC(=O)O)n1-c1cc(Br)ccc1OC. The first-order chi connectivity index (χ1) is 10.1. The normalized spacial score (nSPS) is 10.6. The monoisotopic (exact) mass is 370 g/mol. The highest BCUT2D eigenvalue weighted by atomic mass is 79.9. The summed E-state index contributed by atoms with van der Waals surface area (Å²) in [6, 6.07) is 5.70. The third kappa shape index (κ3) is 3.59. The Bertz CT molecular complexity index is 658. The van der Waals surface area contributed by atoms with Gasteiger partial charge in [0.25, 0.3) is 0 Å². The van der Waals surface area contributed by atoms with Crippen molar-refractivity contribution in [3.8, 4) is 11.4 Å². The Hall–Kier alpha value is -1.47. The molecule has 0 aliphatic rings. The lowest BCUT2D eigenvalue weighted by molar-refractivity contribution is -0.133. The van der Waals surface area contributed by atoms with E-state index in [1.54, 1.807) is 13.3 Å². The number of aliphatic carboxylic acids is 1. The number of thioether (sulfide) groups is 1. The van der Waals surface area contributed by atoms with Crippen LogP contribution < -0.4 is 4.74 Å². The molecular formula is C14H15BrN2O3S. The molecule has 0 fully saturated rings. The van der Waals surface area contributed by atoms with Crippen molar-refractivity contribution < 1.29 is 14.6 Å². The summed E-state index contributed by atoms with van der Waals surface area (Å²) in [5.74, 6) is -0.187. The van der Waals surface area contributed by atoms with E-state index in [-0.39, 0.29) is 5.75 Å². The molecule has 1 N–H and O–H groups in total. The number of carbonyl (C=O) groups is 1. The van der Waals surface area contributed by atoms with E-state index in [4.69, 9.17) is 9.84 Å². The molecule has 0 unspecified atom stereocenters. The predicted octanol–water partition coefficient (Wildman–Crippen LogP) is 3.38. The Morgan fingerprint density at radius 3 is 2.90 bits per heavy atom. The molecule has 0 bridgehead atoms. The molecule has 0 saturated carbocycles. The molecule has 0 spiro atoms. The number of benzene rings is 1. The van der Waals surface area contributed by atoms with Crippen LogP contribution in [0.15, 0.2) is 34.0 Å². The average Bonchev–Trinajstić information content (AvgIpc) is 2.87. The molecule has 1 heterocycles. The second-order valence-electron chi connectivity index (χ2n) is 4.22. The Kier molecular flexibility index (Phi) is 5.30. The van der Waals surface area contributed by atoms with Crippen LogP contribution in [-0.4, -0.2) is 33.5 Å². The van der Waals surface area contributed by atoms with Crippen LogP contribution in [0.2, 0.25) is 0 Å². The second kappa shape index (κ2) is 7.00. The van der Waals surface area contributed by atoms with Crippen LogP contribution >= 0.6 is 27.7 Å². The molecule has 1 aromatic carbocycles. The second-order valence-corrected chi connectivity index (χ2v) is 6.08. The summed E-state index contributed by atoms with van der Waals surface area (Å²) in [6.45, 7) is 2.03. The van der Waals surface area contributed by atoms with Gasteiger partial charge < -0.3 is 9.84 Å². The van der Waals surface area contributed by atoms with Gasteiger partial charge in [-0.2, -0.15) is 0 Å². The Morgan fingerprint density at radius 2 is 2.29 bits per heavy atom. The molecule has 0 radical (unpaired) electrons. The average molecular weight is 371 g/mol. The maximum Gasteiger partial charge on any atom is 0.313 e. The number of rotatable bonds is 6.